The van der Waals surface area contributed by atoms with E-state index in [-0.39, 0.29) is 19.3 Å². The molecule has 1 saturated heterocycles. The van der Waals surface area contributed by atoms with Gasteiger partial charge in [0.05, 0.1) is 24.4 Å². The Bertz CT molecular complexity index is 1150. The van der Waals surface area contributed by atoms with E-state index in [1.54, 1.807) is 4.68 Å². The van der Waals surface area contributed by atoms with Crippen LogP contribution in [-0.2, 0) is 23.1 Å². The summed E-state index contributed by atoms with van der Waals surface area (Å²) >= 11 is 0. The third kappa shape index (κ3) is 6.96. The number of hydrogen-bond donors (Lipinski definition) is 1. The van der Waals surface area contributed by atoms with Crippen molar-refractivity contribution < 1.29 is 19.3 Å². The van der Waals surface area contributed by atoms with Gasteiger partial charge in [-0.25, -0.2) is 4.68 Å². The summed E-state index contributed by atoms with van der Waals surface area (Å²) in [7, 11) is 1.90. The average Bonchev–Trinajstić information content (AvgIpc) is 3.48. The highest BCUT2D eigenvalue weighted by molar-refractivity contribution is 5.65. The maximum absolute atomic E-state index is 10.7. The first-order valence-electron chi connectivity index (χ1n) is 12.4. The van der Waals surface area contributed by atoms with Gasteiger partial charge in [-0.2, -0.15) is 5.10 Å². The van der Waals surface area contributed by atoms with Gasteiger partial charge in [-0.3, -0.25) is 4.90 Å². The second kappa shape index (κ2) is 12.7. The van der Waals surface area contributed by atoms with E-state index in [1.165, 1.54) is 0 Å². The molecule has 1 aliphatic rings. The molecule has 4 rings (SSSR count). The van der Waals surface area contributed by atoms with Crippen LogP contribution in [0.5, 0.6) is 11.6 Å². The zero-order valence-electron chi connectivity index (χ0n) is 21.1. The predicted molar refractivity (Wildman–Crippen MR) is 140 cm³/mol. The van der Waals surface area contributed by atoms with Crippen LogP contribution in [0.4, 0.5) is 0 Å². The molecule has 190 valence electrons. The second-order valence-electron chi connectivity index (χ2n) is 9.24. The first kappa shape index (κ1) is 25.9. The predicted octanol–water partition coefficient (Wildman–Crippen LogP) is 4.18. The van der Waals surface area contributed by atoms with Crippen LogP contribution in [-0.4, -0.2) is 64.9 Å². The van der Waals surface area contributed by atoms with Crippen molar-refractivity contribution in [3.63, 3.8) is 0 Å². The summed E-state index contributed by atoms with van der Waals surface area (Å²) in [4.78, 5) is 2.20. The highest BCUT2D eigenvalue weighted by atomic mass is 16.5. The number of nitrogens with zero attached hydrogens (tertiary/aromatic N) is 3. The van der Waals surface area contributed by atoms with E-state index in [2.05, 4.69) is 23.0 Å². The first-order chi connectivity index (χ1) is 17.5. The Morgan fingerprint density at radius 3 is 2.81 bits per heavy atom. The molecular weight excluding hydrogens is 454 g/mol. The highest BCUT2D eigenvalue weighted by Gasteiger charge is 2.26. The number of benzene rings is 2. The van der Waals surface area contributed by atoms with Crippen LogP contribution in [0.3, 0.4) is 0 Å². The number of terminal acetylenes is 1. The molecule has 7 heteroatoms. The number of rotatable bonds is 12. The maximum Gasteiger partial charge on any atom is 0.222 e. The van der Waals surface area contributed by atoms with Crippen LogP contribution in [0, 0.1) is 19.3 Å². The van der Waals surface area contributed by atoms with Gasteiger partial charge in [0.25, 0.3) is 0 Å². The summed E-state index contributed by atoms with van der Waals surface area (Å²) in [6, 6.07) is 18.1. The van der Waals surface area contributed by atoms with Gasteiger partial charge in [0.1, 0.15) is 18.1 Å². The van der Waals surface area contributed by atoms with Crippen LogP contribution in [0.2, 0.25) is 0 Å². The van der Waals surface area contributed by atoms with Crippen LogP contribution < -0.4 is 4.74 Å². The van der Waals surface area contributed by atoms with E-state index in [1.807, 2.05) is 56.4 Å². The Morgan fingerprint density at radius 2 is 2.08 bits per heavy atom. The largest absolute Gasteiger partial charge is 0.439 e. The van der Waals surface area contributed by atoms with Gasteiger partial charge in [-0.1, -0.05) is 48.4 Å². The number of aliphatic hydroxyl groups is 1. The first-order valence-corrected chi connectivity index (χ1v) is 12.4. The van der Waals surface area contributed by atoms with E-state index in [0.29, 0.717) is 25.5 Å². The number of aromatic nitrogens is 2. The van der Waals surface area contributed by atoms with Crippen LogP contribution >= 0.6 is 0 Å². The summed E-state index contributed by atoms with van der Waals surface area (Å²) in [5.74, 6) is 3.88. The lowest BCUT2D eigenvalue weighted by Crippen LogP contribution is -2.39. The molecule has 0 spiro atoms. The van der Waals surface area contributed by atoms with E-state index in [9.17, 15) is 5.11 Å². The van der Waals surface area contributed by atoms with E-state index >= 15 is 0 Å². The van der Waals surface area contributed by atoms with Crippen molar-refractivity contribution >= 4 is 0 Å². The number of hydrogen-bond acceptors (Lipinski definition) is 6. The Balaban J connectivity index is 1.65. The number of ether oxygens (including phenoxy) is 3. The topological polar surface area (TPSA) is 69.0 Å². The zero-order valence-corrected chi connectivity index (χ0v) is 21.1. The molecule has 0 amide bonds. The van der Waals surface area contributed by atoms with Crippen LogP contribution in [0.25, 0.3) is 11.3 Å². The molecule has 0 saturated carbocycles. The van der Waals surface area contributed by atoms with Gasteiger partial charge in [-0.05, 0) is 37.5 Å². The Labute approximate surface area is 213 Å². The molecule has 0 aliphatic carbocycles. The third-order valence-electron chi connectivity index (χ3n) is 6.17. The van der Waals surface area contributed by atoms with Crippen molar-refractivity contribution in [3.8, 4) is 35.2 Å². The van der Waals surface area contributed by atoms with E-state index < -0.39 is 6.10 Å². The Morgan fingerprint density at radius 1 is 1.25 bits per heavy atom. The fourth-order valence-corrected chi connectivity index (χ4v) is 4.55. The zero-order chi connectivity index (χ0) is 25.3. The van der Waals surface area contributed by atoms with Crippen molar-refractivity contribution in [1.29, 1.82) is 0 Å². The van der Waals surface area contributed by atoms with Gasteiger partial charge < -0.3 is 19.3 Å². The summed E-state index contributed by atoms with van der Waals surface area (Å²) < 4.78 is 19.5. The minimum absolute atomic E-state index is 0.127. The van der Waals surface area contributed by atoms with E-state index in [0.717, 1.165) is 47.6 Å². The van der Waals surface area contributed by atoms with Crippen LogP contribution in [0.1, 0.15) is 24.0 Å². The summed E-state index contributed by atoms with van der Waals surface area (Å²) in [6.45, 7) is 4.81. The summed E-state index contributed by atoms with van der Waals surface area (Å²) in [5.41, 5.74) is 3.95. The standard InChI is InChI=1S/C29H35N3O4/c1-4-15-34-21-24(33)18-32(19-26-14-9-16-35-26)20-27-28(23-11-6-5-7-12-23)30-31(3)29(27)36-25-13-8-10-22(2)17-25/h1,5-8,10-13,17,24,26,33H,9,14-16,18-21H2,2-3H3/t24-,26-/m1/s1. The summed E-state index contributed by atoms with van der Waals surface area (Å²) in [6.07, 6.45) is 6.78. The Hall–Kier alpha value is -3.15. The van der Waals surface area contributed by atoms with Gasteiger partial charge in [0.2, 0.25) is 5.88 Å². The molecule has 0 unspecified atom stereocenters. The maximum atomic E-state index is 10.7. The highest BCUT2D eigenvalue weighted by Crippen LogP contribution is 2.34. The SMILES string of the molecule is C#CCOC[C@H](O)CN(Cc1c(-c2ccccc2)nn(C)c1Oc1cccc(C)c1)C[C@H]1CCCO1. The molecule has 2 heterocycles. The van der Waals surface area contributed by atoms with E-state index in [4.69, 9.17) is 25.7 Å². The molecule has 1 N–H and O–H groups in total. The molecule has 1 fully saturated rings. The molecule has 2 atom stereocenters. The lowest BCUT2D eigenvalue weighted by molar-refractivity contribution is 0.00943. The minimum Gasteiger partial charge on any atom is -0.439 e. The third-order valence-corrected chi connectivity index (χ3v) is 6.17. The normalized spacial score (nSPS) is 16.2. The smallest absolute Gasteiger partial charge is 0.222 e. The number of aliphatic hydroxyl groups excluding tert-OH is 1. The molecule has 1 aromatic heterocycles. The van der Waals surface area contributed by atoms with Gasteiger partial charge in [0.15, 0.2) is 0 Å². The van der Waals surface area contributed by atoms with Crippen molar-refractivity contribution in [2.75, 3.05) is 32.9 Å². The molecule has 36 heavy (non-hydrogen) atoms. The van der Waals surface area contributed by atoms with Crippen molar-refractivity contribution in [2.24, 2.45) is 7.05 Å². The number of aryl methyl sites for hydroxylation is 2. The van der Waals surface area contributed by atoms with Crippen molar-refractivity contribution in [1.82, 2.24) is 14.7 Å². The quantitative estimate of drug-likeness (QED) is 0.304. The van der Waals surface area contributed by atoms with Gasteiger partial charge in [0, 0.05) is 38.9 Å². The van der Waals surface area contributed by atoms with Gasteiger partial charge in [-0.15, -0.1) is 6.42 Å². The summed E-state index contributed by atoms with van der Waals surface area (Å²) in [5, 5.41) is 15.5. The fraction of sp³-hybridized carbons (Fsp3) is 0.414. The molecule has 0 bridgehead atoms. The van der Waals surface area contributed by atoms with Crippen molar-refractivity contribution in [3.05, 3.63) is 65.7 Å². The molecule has 3 aromatic rings. The van der Waals surface area contributed by atoms with Crippen molar-refractivity contribution in [2.45, 2.75) is 38.5 Å². The van der Waals surface area contributed by atoms with Gasteiger partial charge >= 0.3 is 0 Å². The molecule has 1 aliphatic heterocycles. The Kier molecular flexibility index (Phi) is 9.15. The molecule has 7 nitrogen and oxygen atoms in total. The second-order valence-corrected chi connectivity index (χ2v) is 9.24. The molecule has 2 aromatic carbocycles. The lowest BCUT2D eigenvalue weighted by atomic mass is 10.1. The monoisotopic (exact) mass is 489 g/mol. The molecular formula is C29H35N3O4. The fourth-order valence-electron chi connectivity index (χ4n) is 4.55. The molecule has 0 radical (unpaired) electrons. The lowest BCUT2D eigenvalue weighted by Gasteiger charge is -2.27. The average molecular weight is 490 g/mol. The minimum atomic E-state index is -0.683. The van der Waals surface area contributed by atoms with Crippen LogP contribution in [0.15, 0.2) is 54.6 Å².